The molecule has 0 aliphatic carbocycles. The summed E-state index contributed by atoms with van der Waals surface area (Å²) in [5.74, 6) is 0.311. The summed E-state index contributed by atoms with van der Waals surface area (Å²) in [6.07, 6.45) is 0. The van der Waals surface area contributed by atoms with Gasteiger partial charge in [-0.25, -0.2) is 9.97 Å². The van der Waals surface area contributed by atoms with Crippen LogP contribution in [0.4, 0.5) is 17.1 Å². The van der Waals surface area contributed by atoms with Crippen molar-refractivity contribution in [3.8, 4) is 75.0 Å². The number of hydrogen-bond donors (Lipinski definition) is 0. The van der Waals surface area contributed by atoms with Crippen molar-refractivity contribution in [2.45, 2.75) is 0 Å². The Morgan fingerprint density at radius 2 is 0.969 bits per heavy atom. The van der Waals surface area contributed by atoms with Gasteiger partial charge in [0, 0.05) is 50.2 Å². The quantitative estimate of drug-likeness (QED) is 0.149. The van der Waals surface area contributed by atoms with Crippen LogP contribution in [0.2, 0.25) is 0 Å². The highest BCUT2D eigenvalue weighted by atomic mass is 15.1. The third kappa shape index (κ3) is 7.02. The predicted octanol–water partition coefficient (Wildman–Crippen LogP) is 13.2. The number of nitriles is 4. The summed E-state index contributed by atoms with van der Waals surface area (Å²) in [7, 11) is 0. The van der Waals surface area contributed by atoms with E-state index in [1.54, 1.807) is 60.7 Å². The van der Waals surface area contributed by atoms with Gasteiger partial charge >= 0.3 is 0 Å². The zero-order valence-electron chi connectivity index (χ0n) is 34.1. The molecule has 0 aliphatic rings. The molecular formula is C56H32N8. The summed E-state index contributed by atoms with van der Waals surface area (Å²) in [5, 5.41) is 42.8. The van der Waals surface area contributed by atoms with Gasteiger partial charge in [-0.3, -0.25) is 0 Å². The lowest BCUT2D eigenvalue weighted by molar-refractivity contribution is 1.18. The van der Waals surface area contributed by atoms with Crippen LogP contribution in [-0.2, 0) is 0 Å². The molecule has 2 aromatic heterocycles. The zero-order valence-corrected chi connectivity index (χ0v) is 34.1. The van der Waals surface area contributed by atoms with Crippen LogP contribution in [0.5, 0.6) is 0 Å². The number of nitrogens with zero attached hydrogens (tertiary/aromatic N) is 8. The summed E-state index contributed by atoms with van der Waals surface area (Å²) in [5.41, 5.74) is 11.7. The van der Waals surface area contributed by atoms with Crippen molar-refractivity contribution in [2.24, 2.45) is 0 Å². The standard InChI is InChI=1S/C56H32N8/c57-33-37-11-9-13-40(27-37)51-32-52(62-56(61-51)41-14-10-12-38(28-41)34-58)55-43(35-59)29-42(30-44(55)36-60)39-21-23-47(24-22-39)64-53-20-8-7-19-49(53)50-31-48(25-26-54(50)64)63(45-15-3-1-4-16-45)46-17-5-2-6-18-46/h1-32H. The van der Waals surface area contributed by atoms with Gasteiger partial charge in [-0.2, -0.15) is 21.0 Å². The monoisotopic (exact) mass is 816 g/mol. The topological polar surface area (TPSA) is 129 Å². The number of rotatable bonds is 8. The Kier molecular flexibility index (Phi) is 9.92. The molecule has 296 valence electrons. The smallest absolute Gasteiger partial charge is 0.160 e. The average molecular weight is 817 g/mol. The van der Waals surface area contributed by atoms with E-state index in [9.17, 15) is 21.0 Å². The molecule has 0 radical (unpaired) electrons. The van der Waals surface area contributed by atoms with E-state index in [1.165, 1.54) is 0 Å². The molecule has 0 N–H and O–H groups in total. The van der Waals surface area contributed by atoms with Gasteiger partial charge in [0.15, 0.2) is 5.82 Å². The molecule has 0 spiro atoms. The number of para-hydroxylation sites is 3. The van der Waals surface area contributed by atoms with Gasteiger partial charge in [-0.15, -0.1) is 0 Å². The van der Waals surface area contributed by atoms with Crippen LogP contribution >= 0.6 is 0 Å². The Morgan fingerprint density at radius 1 is 0.391 bits per heavy atom. The van der Waals surface area contributed by atoms with E-state index >= 15 is 0 Å². The van der Waals surface area contributed by atoms with Gasteiger partial charge in [-0.1, -0.05) is 91.0 Å². The maximum absolute atomic E-state index is 10.7. The largest absolute Gasteiger partial charge is 0.310 e. The van der Waals surface area contributed by atoms with E-state index in [4.69, 9.17) is 9.97 Å². The maximum Gasteiger partial charge on any atom is 0.160 e. The molecule has 0 bridgehead atoms. The van der Waals surface area contributed by atoms with Crippen LogP contribution in [-0.4, -0.2) is 14.5 Å². The second kappa shape index (κ2) is 16.5. The van der Waals surface area contributed by atoms with E-state index in [0.29, 0.717) is 50.6 Å². The number of benzene rings is 8. The molecular weight excluding hydrogens is 785 g/mol. The summed E-state index contributed by atoms with van der Waals surface area (Å²) >= 11 is 0. The highest BCUT2D eigenvalue weighted by Gasteiger charge is 2.21. The van der Waals surface area contributed by atoms with E-state index in [0.717, 1.165) is 50.1 Å². The fourth-order valence-electron chi connectivity index (χ4n) is 8.37. The van der Waals surface area contributed by atoms with Crippen molar-refractivity contribution in [3.63, 3.8) is 0 Å². The van der Waals surface area contributed by atoms with Crippen LogP contribution in [0, 0.1) is 45.3 Å². The third-order valence-corrected chi connectivity index (χ3v) is 11.3. The normalized spacial score (nSPS) is 10.8. The van der Waals surface area contributed by atoms with Gasteiger partial charge in [0.2, 0.25) is 0 Å². The first-order valence-electron chi connectivity index (χ1n) is 20.5. The van der Waals surface area contributed by atoms with Crippen molar-refractivity contribution in [3.05, 3.63) is 216 Å². The molecule has 10 aromatic rings. The molecule has 0 atom stereocenters. The fourth-order valence-corrected chi connectivity index (χ4v) is 8.37. The molecule has 0 amide bonds. The molecule has 0 aliphatic heterocycles. The lowest BCUT2D eigenvalue weighted by atomic mass is 9.92. The number of hydrogen-bond acceptors (Lipinski definition) is 7. The van der Waals surface area contributed by atoms with Gasteiger partial charge in [0.05, 0.1) is 69.0 Å². The number of fused-ring (bicyclic) bond motifs is 3. The molecule has 0 saturated heterocycles. The highest BCUT2D eigenvalue weighted by molar-refractivity contribution is 6.10. The van der Waals surface area contributed by atoms with E-state index < -0.39 is 0 Å². The molecule has 0 fully saturated rings. The SMILES string of the molecule is N#Cc1cccc(-c2cc(-c3c(C#N)cc(-c4ccc(-n5c6ccccc6c6cc(N(c7ccccc7)c7ccccc7)ccc65)cc4)cc3C#N)nc(-c3cccc(C#N)c3)n2)c1. The predicted molar refractivity (Wildman–Crippen MR) is 252 cm³/mol. The maximum atomic E-state index is 10.7. The van der Waals surface area contributed by atoms with E-state index in [-0.39, 0.29) is 11.1 Å². The minimum atomic E-state index is 0.267. The molecule has 8 aromatic carbocycles. The first-order chi connectivity index (χ1) is 31.5. The minimum Gasteiger partial charge on any atom is -0.310 e. The van der Waals surface area contributed by atoms with Gasteiger partial charge < -0.3 is 9.47 Å². The Bertz CT molecular complexity index is 3450. The Balaban J connectivity index is 1.06. The molecule has 0 saturated carbocycles. The van der Waals surface area contributed by atoms with Gasteiger partial charge in [0.1, 0.15) is 0 Å². The average Bonchev–Trinajstić information content (AvgIpc) is 3.70. The Labute approximate surface area is 369 Å². The molecule has 64 heavy (non-hydrogen) atoms. The summed E-state index contributed by atoms with van der Waals surface area (Å²) in [6.45, 7) is 0. The van der Waals surface area contributed by atoms with Crippen LogP contribution in [0.1, 0.15) is 22.3 Å². The first-order valence-corrected chi connectivity index (χ1v) is 20.5. The highest BCUT2D eigenvalue weighted by Crippen LogP contribution is 2.40. The number of aromatic nitrogens is 3. The summed E-state index contributed by atoms with van der Waals surface area (Å²) < 4.78 is 2.26. The molecule has 0 unspecified atom stereocenters. The molecule has 10 rings (SSSR count). The zero-order chi connectivity index (χ0) is 43.6. The first kappa shape index (κ1) is 38.6. The lowest BCUT2D eigenvalue weighted by Gasteiger charge is -2.25. The summed E-state index contributed by atoms with van der Waals surface area (Å²) in [4.78, 5) is 12.0. The van der Waals surface area contributed by atoms with Crippen LogP contribution < -0.4 is 4.90 Å². The van der Waals surface area contributed by atoms with E-state index in [2.05, 4.69) is 137 Å². The summed E-state index contributed by atoms with van der Waals surface area (Å²) in [6, 6.07) is 72.2. The van der Waals surface area contributed by atoms with Crippen LogP contribution in [0.3, 0.4) is 0 Å². The van der Waals surface area contributed by atoms with Crippen molar-refractivity contribution in [2.75, 3.05) is 4.90 Å². The van der Waals surface area contributed by atoms with Crippen molar-refractivity contribution in [1.29, 1.82) is 21.0 Å². The Morgan fingerprint density at radius 3 is 1.61 bits per heavy atom. The fraction of sp³-hybridized carbons (Fsp3) is 0. The molecule has 8 heteroatoms. The van der Waals surface area contributed by atoms with Crippen molar-refractivity contribution in [1.82, 2.24) is 14.5 Å². The van der Waals surface area contributed by atoms with Crippen molar-refractivity contribution >= 4 is 38.9 Å². The number of anilines is 3. The second-order valence-electron chi connectivity index (χ2n) is 15.1. The molecule has 2 heterocycles. The Hall–Kier alpha value is -9.60. The van der Waals surface area contributed by atoms with Crippen molar-refractivity contribution < 1.29 is 0 Å². The third-order valence-electron chi connectivity index (χ3n) is 11.3. The van der Waals surface area contributed by atoms with Crippen LogP contribution in [0.25, 0.3) is 72.5 Å². The minimum absolute atomic E-state index is 0.267. The lowest BCUT2D eigenvalue weighted by Crippen LogP contribution is -2.09. The van der Waals surface area contributed by atoms with Gasteiger partial charge in [0.25, 0.3) is 0 Å². The van der Waals surface area contributed by atoms with Gasteiger partial charge in [-0.05, 0) is 114 Å². The second-order valence-corrected chi connectivity index (χ2v) is 15.1. The molecule has 8 nitrogen and oxygen atoms in total. The van der Waals surface area contributed by atoms with E-state index in [1.807, 2.05) is 30.3 Å². The van der Waals surface area contributed by atoms with Crippen LogP contribution in [0.15, 0.2) is 194 Å².